The molecule has 0 aliphatic rings. The zero-order chi connectivity index (χ0) is 21.8. The third kappa shape index (κ3) is 4.42. The van der Waals surface area contributed by atoms with Crippen LogP contribution in [0.3, 0.4) is 0 Å². The van der Waals surface area contributed by atoms with E-state index in [-0.39, 0.29) is 17.6 Å². The number of para-hydroxylation sites is 1. The van der Waals surface area contributed by atoms with Gasteiger partial charge in [-0.25, -0.2) is 0 Å². The highest BCUT2D eigenvalue weighted by atomic mass is 16.5. The summed E-state index contributed by atoms with van der Waals surface area (Å²) in [5, 5.41) is 5.81. The SMILES string of the molecule is CNC(=O)c1cc(Oc2ccc3nc(NC(C)c4ccccc4OC)oc3c2)ccn1. The average molecular weight is 418 g/mol. The van der Waals surface area contributed by atoms with Gasteiger partial charge in [0.05, 0.1) is 13.2 Å². The van der Waals surface area contributed by atoms with Gasteiger partial charge in [0.15, 0.2) is 5.58 Å². The molecule has 1 atom stereocenters. The molecule has 0 radical (unpaired) electrons. The summed E-state index contributed by atoms with van der Waals surface area (Å²) < 4.78 is 17.2. The summed E-state index contributed by atoms with van der Waals surface area (Å²) in [7, 11) is 3.20. The Morgan fingerprint density at radius 2 is 1.90 bits per heavy atom. The number of rotatable bonds is 7. The maximum absolute atomic E-state index is 11.8. The third-order valence-corrected chi connectivity index (χ3v) is 4.73. The first kappa shape index (κ1) is 20.2. The summed E-state index contributed by atoms with van der Waals surface area (Å²) in [6.45, 7) is 2.01. The van der Waals surface area contributed by atoms with Crippen molar-refractivity contribution in [3.8, 4) is 17.2 Å². The largest absolute Gasteiger partial charge is 0.496 e. The molecule has 2 N–H and O–H groups in total. The molecule has 0 saturated carbocycles. The van der Waals surface area contributed by atoms with E-state index >= 15 is 0 Å². The highest BCUT2D eigenvalue weighted by Gasteiger charge is 2.15. The number of nitrogens with zero attached hydrogens (tertiary/aromatic N) is 2. The quantitative estimate of drug-likeness (QED) is 0.454. The maximum Gasteiger partial charge on any atom is 0.296 e. The van der Waals surface area contributed by atoms with Gasteiger partial charge in [-0.2, -0.15) is 4.98 Å². The van der Waals surface area contributed by atoms with E-state index in [4.69, 9.17) is 13.9 Å². The van der Waals surface area contributed by atoms with Crippen molar-refractivity contribution < 1.29 is 18.7 Å². The standard InChI is InChI=1S/C23H22N4O4/c1-14(17-6-4-5-7-20(17)29-3)26-23-27-18-9-8-15(13-21(18)31-23)30-16-10-11-25-19(12-16)22(28)24-2/h4-14H,1-3H3,(H,24,28)(H,26,27). The van der Waals surface area contributed by atoms with Gasteiger partial charge in [0.1, 0.15) is 28.5 Å². The number of ether oxygens (including phenoxy) is 2. The molecule has 1 amide bonds. The van der Waals surface area contributed by atoms with Crippen LogP contribution in [0.1, 0.15) is 29.0 Å². The molecule has 158 valence electrons. The Balaban J connectivity index is 1.53. The van der Waals surface area contributed by atoms with Crippen molar-refractivity contribution >= 4 is 23.0 Å². The smallest absolute Gasteiger partial charge is 0.296 e. The van der Waals surface area contributed by atoms with E-state index in [1.165, 1.54) is 6.20 Å². The molecule has 8 heteroatoms. The van der Waals surface area contributed by atoms with Crippen LogP contribution in [0, 0.1) is 0 Å². The first-order valence-corrected chi connectivity index (χ1v) is 9.73. The Hall–Kier alpha value is -4.07. The van der Waals surface area contributed by atoms with Crippen molar-refractivity contribution in [2.45, 2.75) is 13.0 Å². The summed E-state index contributed by atoms with van der Waals surface area (Å²) in [5.74, 6) is 1.57. The Kier molecular flexibility index (Phi) is 5.70. The summed E-state index contributed by atoms with van der Waals surface area (Å²) in [6, 6.07) is 16.7. The highest BCUT2D eigenvalue weighted by Crippen LogP contribution is 2.31. The molecule has 8 nitrogen and oxygen atoms in total. The fraction of sp³-hybridized carbons (Fsp3) is 0.174. The van der Waals surface area contributed by atoms with Crippen molar-refractivity contribution in [3.05, 3.63) is 72.1 Å². The molecule has 31 heavy (non-hydrogen) atoms. The van der Waals surface area contributed by atoms with Gasteiger partial charge >= 0.3 is 0 Å². The van der Waals surface area contributed by atoms with E-state index in [0.29, 0.717) is 28.6 Å². The topological polar surface area (TPSA) is 98.5 Å². The molecular formula is C23H22N4O4. The lowest BCUT2D eigenvalue weighted by molar-refractivity contribution is 0.0958. The van der Waals surface area contributed by atoms with Crippen molar-refractivity contribution in [1.82, 2.24) is 15.3 Å². The maximum atomic E-state index is 11.8. The van der Waals surface area contributed by atoms with Crippen molar-refractivity contribution in [1.29, 1.82) is 0 Å². The van der Waals surface area contributed by atoms with E-state index in [9.17, 15) is 4.79 Å². The van der Waals surface area contributed by atoms with E-state index in [0.717, 1.165) is 11.3 Å². The zero-order valence-electron chi connectivity index (χ0n) is 17.4. The van der Waals surface area contributed by atoms with Crippen LogP contribution in [-0.4, -0.2) is 30.0 Å². The first-order chi connectivity index (χ1) is 15.1. The molecule has 2 aromatic carbocycles. The predicted molar refractivity (Wildman–Crippen MR) is 117 cm³/mol. The third-order valence-electron chi connectivity index (χ3n) is 4.73. The van der Waals surface area contributed by atoms with Crippen LogP contribution in [0.5, 0.6) is 17.2 Å². The van der Waals surface area contributed by atoms with Gasteiger partial charge in [-0.15, -0.1) is 0 Å². The molecule has 4 rings (SSSR count). The first-order valence-electron chi connectivity index (χ1n) is 9.73. The Labute approximate surface area is 179 Å². The minimum absolute atomic E-state index is 0.0696. The Morgan fingerprint density at radius 1 is 1.10 bits per heavy atom. The molecule has 0 aliphatic carbocycles. The van der Waals surface area contributed by atoms with Crippen LogP contribution in [-0.2, 0) is 0 Å². The molecule has 0 aliphatic heterocycles. The van der Waals surface area contributed by atoms with Crippen molar-refractivity contribution in [3.63, 3.8) is 0 Å². The second-order valence-corrected chi connectivity index (χ2v) is 6.81. The van der Waals surface area contributed by atoms with Crippen LogP contribution in [0.2, 0.25) is 0 Å². The molecule has 0 fully saturated rings. The fourth-order valence-electron chi connectivity index (χ4n) is 3.18. The molecular weight excluding hydrogens is 396 g/mol. The summed E-state index contributed by atoms with van der Waals surface area (Å²) in [5.41, 5.74) is 2.55. The van der Waals surface area contributed by atoms with Crippen molar-refractivity contribution in [2.24, 2.45) is 0 Å². The molecule has 2 aromatic heterocycles. The van der Waals surface area contributed by atoms with Crippen LogP contribution in [0.4, 0.5) is 6.01 Å². The number of benzene rings is 2. The molecule has 0 bridgehead atoms. The number of hydrogen-bond acceptors (Lipinski definition) is 7. The summed E-state index contributed by atoms with van der Waals surface area (Å²) >= 11 is 0. The number of hydrogen-bond donors (Lipinski definition) is 2. The number of aromatic nitrogens is 2. The van der Waals surface area contributed by atoms with Gasteiger partial charge in [0.25, 0.3) is 11.9 Å². The van der Waals surface area contributed by atoms with Gasteiger partial charge < -0.3 is 24.5 Å². The molecule has 1 unspecified atom stereocenters. The molecule has 2 heterocycles. The lowest BCUT2D eigenvalue weighted by Crippen LogP contribution is -2.18. The number of nitrogens with one attached hydrogen (secondary N) is 2. The minimum Gasteiger partial charge on any atom is -0.496 e. The van der Waals surface area contributed by atoms with Gasteiger partial charge in [-0.05, 0) is 31.2 Å². The van der Waals surface area contributed by atoms with E-state index in [1.54, 1.807) is 38.4 Å². The second-order valence-electron chi connectivity index (χ2n) is 6.81. The fourth-order valence-corrected chi connectivity index (χ4v) is 3.18. The number of carbonyl (C=O) groups is 1. The number of amides is 1. The second kappa shape index (κ2) is 8.74. The van der Waals surface area contributed by atoms with E-state index in [2.05, 4.69) is 20.6 Å². The van der Waals surface area contributed by atoms with Crippen molar-refractivity contribution in [2.75, 3.05) is 19.5 Å². The highest BCUT2D eigenvalue weighted by molar-refractivity contribution is 5.92. The van der Waals surface area contributed by atoms with Gasteiger partial charge in [0.2, 0.25) is 0 Å². The molecule has 4 aromatic rings. The number of methoxy groups -OCH3 is 1. The Morgan fingerprint density at radius 3 is 2.71 bits per heavy atom. The zero-order valence-corrected chi connectivity index (χ0v) is 17.4. The minimum atomic E-state index is -0.281. The van der Waals surface area contributed by atoms with E-state index < -0.39 is 0 Å². The van der Waals surface area contributed by atoms with Gasteiger partial charge in [-0.1, -0.05) is 18.2 Å². The number of fused-ring (bicyclic) bond motifs is 1. The van der Waals surface area contributed by atoms with E-state index in [1.807, 2.05) is 37.3 Å². The van der Waals surface area contributed by atoms with Crippen LogP contribution >= 0.6 is 0 Å². The average Bonchev–Trinajstić information content (AvgIpc) is 3.20. The number of anilines is 1. The lowest BCUT2D eigenvalue weighted by atomic mass is 10.1. The summed E-state index contributed by atoms with van der Waals surface area (Å²) in [6.07, 6.45) is 1.52. The van der Waals surface area contributed by atoms with Crippen LogP contribution in [0.25, 0.3) is 11.1 Å². The number of pyridine rings is 1. The van der Waals surface area contributed by atoms with Crippen LogP contribution < -0.4 is 20.1 Å². The molecule has 0 spiro atoms. The predicted octanol–water partition coefficient (Wildman–Crippen LogP) is 4.56. The number of carbonyl (C=O) groups excluding carboxylic acids is 1. The number of oxazole rings is 1. The Bertz CT molecular complexity index is 1220. The van der Waals surface area contributed by atoms with Gasteiger partial charge in [-0.3, -0.25) is 9.78 Å². The summed E-state index contributed by atoms with van der Waals surface area (Å²) in [4.78, 5) is 20.3. The monoisotopic (exact) mass is 418 g/mol. The lowest BCUT2D eigenvalue weighted by Gasteiger charge is -2.15. The molecule has 0 saturated heterocycles. The normalized spacial score (nSPS) is 11.7. The van der Waals surface area contributed by atoms with Gasteiger partial charge in [0, 0.05) is 30.9 Å². The van der Waals surface area contributed by atoms with Crippen LogP contribution in [0.15, 0.2) is 65.2 Å².